The van der Waals surface area contributed by atoms with Gasteiger partial charge >= 0.3 is 5.69 Å². The van der Waals surface area contributed by atoms with E-state index in [0.717, 1.165) is 34.3 Å². The number of aryl methyl sites for hydroxylation is 2. The molecule has 0 unspecified atom stereocenters. The lowest BCUT2D eigenvalue weighted by molar-refractivity contribution is 0.392. The van der Waals surface area contributed by atoms with Crippen LogP contribution in [0.2, 0.25) is 0 Å². The van der Waals surface area contributed by atoms with Crippen LogP contribution in [0, 0.1) is 0 Å². The van der Waals surface area contributed by atoms with Gasteiger partial charge in [0, 0.05) is 23.2 Å². The molecule has 6 rings (SSSR count). The second kappa shape index (κ2) is 8.49. The highest BCUT2D eigenvalue weighted by Gasteiger charge is 2.26. The highest BCUT2D eigenvalue weighted by molar-refractivity contribution is 7.18. The highest BCUT2D eigenvalue weighted by Crippen LogP contribution is 2.36. The van der Waals surface area contributed by atoms with E-state index in [-0.39, 0.29) is 17.7 Å². The van der Waals surface area contributed by atoms with E-state index >= 15 is 0 Å². The first-order valence-electron chi connectivity index (χ1n) is 11.5. The van der Waals surface area contributed by atoms with Crippen molar-refractivity contribution in [2.24, 2.45) is 0 Å². The van der Waals surface area contributed by atoms with Crippen molar-refractivity contribution in [3.8, 4) is 17.2 Å². The summed E-state index contributed by atoms with van der Waals surface area (Å²) in [5.41, 5.74) is 1.12. The minimum Gasteiger partial charge on any atom is -0.497 e. The highest BCUT2D eigenvalue weighted by atomic mass is 32.1. The Balaban J connectivity index is 1.64. The zero-order valence-corrected chi connectivity index (χ0v) is 20.5. The van der Waals surface area contributed by atoms with Gasteiger partial charge in [0.25, 0.3) is 11.1 Å². The number of benzene rings is 1. The molecule has 1 aliphatic rings. The predicted molar refractivity (Wildman–Crippen MR) is 137 cm³/mol. The van der Waals surface area contributed by atoms with E-state index in [2.05, 4.69) is 4.98 Å². The van der Waals surface area contributed by atoms with Gasteiger partial charge in [-0.3, -0.25) is 18.6 Å². The van der Waals surface area contributed by atoms with Gasteiger partial charge in [0.15, 0.2) is 0 Å². The molecule has 36 heavy (non-hydrogen) atoms. The van der Waals surface area contributed by atoms with Gasteiger partial charge in [-0.1, -0.05) is 6.07 Å². The largest absolute Gasteiger partial charge is 0.497 e. The summed E-state index contributed by atoms with van der Waals surface area (Å²) < 4.78 is 15.0. The van der Waals surface area contributed by atoms with Gasteiger partial charge in [-0.15, -0.1) is 11.3 Å². The molecule has 0 atom stereocenters. The van der Waals surface area contributed by atoms with Crippen LogP contribution in [-0.4, -0.2) is 32.7 Å². The van der Waals surface area contributed by atoms with E-state index < -0.39 is 5.69 Å². The van der Waals surface area contributed by atoms with Crippen molar-refractivity contribution in [3.05, 3.63) is 96.0 Å². The molecule has 0 bridgehead atoms. The maximum absolute atomic E-state index is 13.9. The topological polar surface area (TPSA) is 96.8 Å². The van der Waals surface area contributed by atoms with E-state index in [1.807, 2.05) is 0 Å². The molecule has 182 valence electrons. The summed E-state index contributed by atoms with van der Waals surface area (Å²) in [5.74, 6) is 0.885. The third-order valence-electron chi connectivity index (χ3n) is 6.56. The second-order valence-electron chi connectivity index (χ2n) is 8.60. The van der Waals surface area contributed by atoms with Crippen molar-refractivity contribution in [2.45, 2.75) is 25.8 Å². The molecule has 1 aliphatic carbocycles. The molecule has 4 heterocycles. The molecule has 4 aromatic heterocycles. The molecule has 0 saturated carbocycles. The van der Waals surface area contributed by atoms with Crippen molar-refractivity contribution in [3.63, 3.8) is 0 Å². The monoisotopic (exact) mass is 502 g/mol. The van der Waals surface area contributed by atoms with Gasteiger partial charge in [0.1, 0.15) is 22.0 Å². The molecule has 0 saturated heterocycles. The van der Waals surface area contributed by atoms with Crippen LogP contribution in [0.1, 0.15) is 22.6 Å². The molecular formula is C26H22N4O5S. The summed E-state index contributed by atoms with van der Waals surface area (Å²) in [6.45, 7) is 0.0497. The van der Waals surface area contributed by atoms with Gasteiger partial charge in [-0.05, 0) is 49.1 Å². The molecular weight excluding hydrogens is 480 g/mol. The minimum atomic E-state index is -0.522. The zero-order valence-electron chi connectivity index (χ0n) is 19.7. The van der Waals surface area contributed by atoms with Crippen LogP contribution in [0.15, 0.2) is 63.0 Å². The van der Waals surface area contributed by atoms with Crippen molar-refractivity contribution in [1.82, 2.24) is 18.5 Å². The molecule has 0 spiro atoms. The molecule has 0 aliphatic heterocycles. The lowest BCUT2D eigenvalue weighted by Gasteiger charge is -2.15. The van der Waals surface area contributed by atoms with Gasteiger partial charge in [-0.2, -0.15) is 0 Å². The Bertz CT molecular complexity index is 1850. The Morgan fingerprint density at radius 3 is 2.69 bits per heavy atom. The molecule has 0 amide bonds. The quantitative estimate of drug-likeness (QED) is 0.367. The number of hydrogen-bond acceptors (Lipinski definition) is 7. The number of ether oxygens (including phenoxy) is 2. The fourth-order valence-electron chi connectivity index (χ4n) is 4.87. The Kier molecular flexibility index (Phi) is 5.26. The van der Waals surface area contributed by atoms with E-state index in [0.29, 0.717) is 38.7 Å². The van der Waals surface area contributed by atoms with E-state index in [9.17, 15) is 14.4 Å². The van der Waals surface area contributed by atoms with E-state index in [4.69, 9.17) is 9.47 Å². The van der Waals surface area contributed by atoms with Crippen molar-refractivity contribution < 1.29 is 9.47 Å². The van der Waals surface area contributed by atoms with E-state index in [1.165, 1.54) is 36.0 Å². The number of methoxy groups -OCH3 is 2. The molecule has 0 fully saturated rings. The predicted octanol–water partition coefficient (Wildman–Crippen LogP) is 2.78. The van der Waals surface area contributed by atoms with Crippen LogP contribution in [0.4, 0.5) is 0 Å². The number of pyridine rings is 1. The Morgan fingerprint density at radius 1 is 1.03 bits per heavy atom. The number of fused-ring (bicyclic) bond motifs is 4. The average Bonchev–Trinajstić information content (AvgIpc) is 3.48. The SMILES string of the molecule is COc1ccc(-n2c(=O)c3c4c(sc3n(Cc3cc(=O)n5ccccc5n3)c2=O)CCC4)c(OC)c1. The standard InChI is InChI=1S/C26H22N4O5S/c1-34-16-9-10-18(19(13-16)35-2)30-24(32)23-17-6-5-7-20(17)36-25(23)29(26(30)33)14-15-12-22(31)28-11-4-3-8-21(28)27-15/h3-4,8-13H,5-7,14H2,1-2H3. The fraction of sp³-hybridized carbons (Fsp3) is 0.231. The van der Waals surface area contributed by atoms with Crippen LogP contribution in [0.3, 0.4) is 0 Å². The number of thiophene rings is 1. The Labute approximate surface area is 208 Å². The van der Waals surface area contributed by atoms with Crippen LogP contribution in [0.5, 0.6) is 11.5 Å². The van der Waals surface area contributed by atoms with Crippen LogP contribution in [0.25, 0.3) is 21.6 Å². The first-order valence-corrected chi connectivity index (χ1v) is 12.3. The van der Waals surface area contributed by atoms with Gasteiger partial charge in [0.05, 0.1) is 37.5 Å². The summed E-state index contributed by atoms with van der Waals surface area (Å²) in [6.07, 6.45) is 4.30. The summed E-state index contributed by atoms with van der Waals surface area (Å²) in [4.78, 5) is 46.8. The number of aromatic nitrogens is 4. The zero-order chi connectivity index (χ0) is 25.0. The summed E-state index contributed by atoms with van der Waals surface area (Å²) in [5, 5.41) is 0.544. The normalized spacial score (nSPS) is 12.8. The first-order chi connectivity index (χ1) is 17.5. The fourth-order valence-corrected chi connectivity index (χ4v) is 6.25. The van der Waals surface area contributed by atoms with Crippen LogP contribution in [-0.2, 0) is 19.4 Å². The van der Waals surface area contributed by atoms with Gasteiger partial charge in [-0.25, -0.2) is 14.3 Å². The van der Waals surface area contributed by atoms with Crippen LogP contribution >= 0.6 is 11.3 Å². The molecule has 9 nitrogen and oxygen atoms in total. The van der Waals surface area contributed by atoms with Crippen LogP contribution < -0.4 is 26.3 Å². The minimum absolute atomic E-state index is 0.0497. The maximum Gasteiger partial charge on any atom is 0.337 e. The Morgan fingerprint density at radius 2 is 1.89 bits per heavy atom. The van der Waals surface area contributed by atoms with Crippen molar-refractivity contribution in [1.29, 1.82) is 0 Å². The van der Waals surface area contributed by atoms with Crippen molar-refractivity contribution in [2.75, 3.05) is 14.2 Å². The molecule has 10 heteroatoms. The Hall–Kier alpha value is -4.18. The smallest absolute Gasteiger partial charge is 0.337 e. The average molecular weight is 503 g/mol. The molecule has 0 N–H and O–H groups in total. The summed E-state index contributed by atoms with van der Waals surface area (Å²) in [6, 6.07) is 11.7. The molecule has 1 aromatic carbocycles. The maximum atomic E-state index is 13.9. The number of nitrogens with zero attached hydrogens (tertiary/aromatic N) is 4. The second-order valence-corrected chi connectivity index (χ2v) is 9.68. The number of hydrogen-bond donors (Lipinski definition) is 0. The number of rotatable bonds is 5. The van der Waals surface area contributed by atoms with E-state index in [1.54, 1.807) is 47.2 Å². The molecule has 0 radical (unpaired) electrons. The van der Waals surface area contributed by atoms with Gasteiger partial charge < -0.3 is 9.47 Å². The molecule has 5 aromatic rings. The summed E-state index contributed by atoms with van der Waals surface area (Å²) >= 11 is 1.48. The first kappa shape index (κ1) is 22.3. The third-order valence-corrected chi connectivity index (χ3v) is 7.87. The summed E-state index contributed by atoms with van der Waals surface area (Å²) in [7, 11) is 3.02. The third kappa shape index (κ3) is 3.36. The lowest BCUT2D eigenvalue weighted by Crippen LogP contribution is -2.39. The van der Waals surface area contributed by atoms with Gasteiger partial charge in [0.2, 0.25) is 0 Å². The van der Waals surface area contributed by atoms with Crippen molar-refractivity contribution >= 4 is 27.2 Å². The lowest BCUT2D eigenvalue weighted by atomic mass is 10.2.